The van der Waals surface area contributed by atoms with Crippen molar-refractivity contribution < 1.29 is 0 Å². The Hall–Kier alpha value is -2.01. The molecule has 0 atom stereocenters. The van der Waals surface area contributed by atoms with Gasteiger partial charge in [-0.25, -0.2) is 0 Å². The van der Waals surface area contributed by atoms with Crippen molar-refractivity contribution in [2.24, 2.45) is 0 Å². The van der Waals surface area contributed by atoms with Crippen LogP contribution in [0.25, 0.3) is 0 Å². The Morgan fingerprint density at radius 1 is 1.08 bits per heavy atom. The highest BCUT2D eigenvalue weighted by molar-refractivity contribution is 5.55. The summed E-state index contributed by atoms with van der Waals surface area (Å²) >= 11 is 0. The van der Waals surface area contributed by atoms with Crippen molar-refractivity contribution in [3.05, 3.63) is 41.7 Å². The fourth-order valence-electron chi connectivity index (χ4n) is 3.15. The largest absolute Gasteiger partial charge is 0.381 e. The number of nitrogens with one attached hydrogen (secondary N) is 2. The third kappa shape index (κ3) is 3.90. The topological polar surface area (TPSA) is 47.2 Å². The molecule has 1 saturated heterocycles. The lowest BCUT2D eigenvalue weighted by atomic mass is 9.89. The highest BCUT2D eigenvalue weighted by Crippen LogP contribution is 2.24. The summed E-state index contributed by atoms with van der Waals surface area (Å²) in [6.07, 6.45) is 1.92. The second-order valence-electron chi connectivity index (χ2n) is 7.71. The SMILES string of the molecule is CN1CCN(c2ccc(NCc3cn[nH]c3C(C)(C)C)cc2)CC1. The average Bonchev–Trinajstić information content (AvgIpc) is 3.03. The molecule has 2 aromatic rings. The zero-order valence-electron chi connectivity index (χ0n) is 15.3. The van der Waals surface area contributed by atoms with Crippen LogP contribution >= 0.6 is 0 Å². The molecule has 0 radical (unpaired) electrons. The third-order valence-electron chi connectivity index (χ3n) is 4.69. The smallest absolute Gasteiger partial charge is 0.0540 e. The molecule has 1 fully saturated rings. The zero-order chi connectivity index (χ0) is 17.2. The lowest BCUT2D eigenvalue weighted by Gasteiger charge is -2.34. The minimum atomic E-state index is 0.0821. The van der Waals surface area contributed by atoms with Crippen molar-refractivity contribution in [1.29, 1.82) is 0 Å². The second kappa shape index (κ2) is 6.85. The molecule has 0 aliphatic carbocycles. The van der Waals surface area contributed by atoms with E-state index >= 15 is 0 Å². The van der Waals surface area contributed by atoms with E-state index in [2.05, 4.69) is 77.4 Å². The van der Waals surface area contributed by atoms with E-state index < -0.39 is 0 Å². The molecule has 1 aromatic heterocycles. The van der Waals surface area contributed by atoms with E-state index in [1.807, 2.05) is 6.20 Å². The van der Waals surface area contributed by atoms with Gasteiger partial charge in [-0.15, -0.1) is 0 Å². The molecule has 1 aliphatic rings. The lowest BCUT2D eigenvalue weighted by molar-refractivity contribution is 0.313. The first-order valence-electron chi connectivity index (χ1n) is 8.73. The Morgan fingerprint density at radius 3 is 2.38 bits per heavy atom. The molecule has 5 heteroatoms. The van der Waals surface area contributed by atoms with Gasteiger partial charge in [0.15, 0.2) is 0 Å². The first-order valence-corrected chi connectivity index (χ1v) is 8.73. The first-order chi connectivity index (χ1) is 11.4. The summed E-state index contributed by atoms with van der Waals surface area (Å²) in [5, 5.41) is 10.9. The normalized spacial score (nSPS) is 16.4. The van der Waals surface area contributed by atoms with E-state index in [0.29, 0.717) is 0 Å². The number of hydrogen-bond acceptors (Lipinski definition) is 4. The summed E-state index contributed by atoms with van der Waals surface area (Å²) in [7, 11) is 2.19. The molecule has 3 rings (SSSR count). The van der Waals surface area contributed by atoms with Crippen LogP contribution in [0.4, 0.5) is 11.4 Å². The Labute approximate surface area is 145 Å². The van der Waals surface area contributed by atoms with E-state index in [4.69, 9.17) is 0 Å². The van der Waals surface area contributed by atoms with Gasteiger partial charge in [0.25, 0.3) is 0 Å². The van der Waals surface area contributed by atoms with E-state index in [9.17, 15) is 0 Å². The van der Waals surface area contributed by atoms with E-state index in [0.717, 1.165) is 38.4 Å². The number of aromatic amines is 1. The fraction of sp³-hybridized carbons (Fsp3) is 0.526. The van der Waals surface area contributed by atoms with Crippen LogP contribution < -0.4 is 10.2 Å². The molecule has 0 spiro atoms. The maximum atomic E-state index is 4.21. The molecule has 1 aliphatic heterocycles. The molecular weight excluding hydrogens is 298 g/mol. The van der Waals surface area contributed by atoms with E-state index in [1.165, 1.54) is 16.9 Å². The van der Waals surface area contributed by atoms with Gasteiger partial charge in [0.1, 0.15) is 0 Å². The summed E-state index contributed by atoms with van der Waals surface area (Å²) in [4.78, 5) is 4.84. The van der Waals surface area contributed by atoms with Crippen molar-refractivity contribution in [2.45, 2.75) is 32.7 Å². The van der Waals surface area contributed by atoms with Gasteiger partial charge in [0, 0.05) is 60.8 Å². The zero-order valence-corrected chi connectivity index (χ0v) is 15.3. The van der Waals surface area contributed by atoms with Crippen LogP contribution in [0, 0.1) is 0 Å². The van der Waals surface area contributed by atoms with Gasteiger partial charge in [-0.3, -0.25) is 5.10 Å². The van der Waals surface area contributed by atoms with Gasteiger partial charge in [0.2, 0.25) is 0 Å². The van der Waals surface area contributed by atoms with E-state index in [1.54, 1.807) is 0 Å². The maximum Gasteiger partial charge on any atom is 0.0540 e. The summed E-state index contributed by atoms with van der Waals surface area (Å²) in [5.74, 6) is 0. The number of nitrogens with zero attached hydrogens (tertiary/aromatic N) is 3. The predicted molar refractivity (Wildman–Crippen MR) is 101 cm³/mol. The average molecular weight is 327 g/mol. The number of piperazine rings is 1. The van der Waals surface area contributed by atoms with E-state index in [-0.39, 0.29) is 5.41 Å². The molecule has 0 saturated carbocycles. The van der Waals surface area contributed by atoms with Gasteiger partial charge in [-0.05, 0) is 31.3 Å². The van der Waals surface area contributed by atoms with Gasteiger partial charge >= 0.3 is 0 Å². The molecular formula is C19H29N5. The first kappa shape index (κ1) is 16.8. The van der Waals surface area contributed by atoms with Gasteiger partial charge in [-0.2, -0.15) is 5.10 Å². The highest BCUT2D eigenvalue weighted by Gasteiger charge is 2.19. The summed E-state index contributed by atoms with van der Waals surface area (Å²) in [6, 6.07) is 8.77. The Bertz CT molecular complexity index is 645. The standard InChI is InChI=1S/C19H29N5/c1-19(2,3)18-15(14-21-22-18)13-20-16-5-7-17(8-6-16)24-11-9-23(4)10-12-24/h5-8,14,20H,9-13H2,1-4H3,(H,21,22). The fourth-order valence-corrected chi connectivity index (χ4v) is 3.15. The molecule has 1 aromatic carbocycles. The summed E-state index contributed by atoms with van der Waals surface area (Å²) in [5.41, 5.74) is 4.97. The highest BCUT2D eigenvalue weighted by atomic mass is 15.2. The molecule has 0 amide bonds. The maximum absolute atomic E-state index is 4.21. The van der Waals surface area contributed by atoms with Gasteiger partial charge < -0.3 is 15.1 Å². The van der Waals surface area contributed by atoms with Crippen molar-refractivity contribution in [2.75, 3.05) is 43.4 Å². The quantitative estimate of drug-likeness (QED) is 0.906. The number of benzene rings is 1. The van der Waals surface area contributed by atoms with Crippen LogP contribution in [0.2, 0.25) is 0 Å². The van der Waals surface area contributed by atoms with Crippen LogP contribution in [0.1, 0.15) is 32.0 Å². The molecule has 0 bridgehead atoms. The van der Waals surface area contributed by atoms with Crippen molar-refractivity contribution >= 4 is 11.4 Å². The molecule has 130 valence electrons. The molecule has 0 unspecified atom stereocenters. The van der Waals surface area contributed by atoms with Crippen LogP contribution in [0.5, 0.6) is 0 Å². The van der Waals surface area contributed by atoms with Gasteiger partial charge in [0.05, 0.1) is 6.20 Å². The number of hydrogen-bond donors (Lipinski definition) is 2. The molecule has 2 N–H and O–H groups in total. The number of aromatic nitrogens is 2. The van der Waals surface area contributed by atoms with Gasteiger partial charge in [-0.1, -0.05) is 20.8 Å². The van der Waals surface area contributed by atoms with Crippen molar-refractivity contribution in [1.82, 2.24) is 15.1 Å². The van der Waals surface area contributed by atoms with Crippen LogP contribution in [0.15, 0.2) is 30.5 Å². The number of anilines is 2. The number of rotatable bonds is 4. The van der Waals surface area contributed by atoms with Crippen molar-refractivity contribution in [3.63, 3.8) is 0 Å². The monoisotopic (exact) mass is 327 g/mol. The van der Waals surface area contributed by atoms with Crippen LogP contribution in [-0.2, 0) is 12.0 Å². The minimum Gasteiger partial charge on any atom is -0.381 e. The Kier molecular flexibility index (Phi) is 4.81. The molecule has 2 heterocycles. The predicted octanol–water partition coefficient (Wildman–Crippen LogP) is 3.07. The lowest BCUT2D eigenvalue weighted by Crippen LogP contribution is -2.44. The minimum absolute atomic E-state index is 0.0821. The summed E-state index contributed by atoms with van der Waals surface area (Å²) in [6.45, 7) is 11.9. The van der Waals surface area contributed by atoms with Crippen molar-refractivity contribution in [3.8, 4) is 0 Å². The second-order valence-corrected chi connectivity index (χ2v) is 7.71. The number of H-pyrrole nitrogens is 1. The molecule has 24 heavy (non-hydrogen) atoms. The van der Waals surface area contributed by atoms with Crippen LogP contribution in [-0.4, -0.2) is 48.3 Å². The number of likely N-dealkylation sites (N-methyl/N-ethyl adjacent to an activating group) is 1. The third-order valence-corrected chi connectivity index (χ3v) is 4.69. The summed E-state index contributed by atoms with van der Waals surface area (Å²) < 4.78 is 0. The van der Waals surface area contributed by atoms with Crippen LogP contribution in [0.3, 0.4) is 0 Å². The Balaban J connectivity index is 1.60. The molecule has 5 nitrogen and oxygen atoms in total. The Morgan fingerprint density at radius 2 is 1.75 bits per heavy atom.